The third kappa shape index (κ3) is 4.10. The second-order valence-corrected chi connectivity index (χ2v) is 5.14. The molecule has 1 N–H and O–H groups in total. The lowest BCUT2D eigenvalue weighted by Gasteiger charge is -2.11. The molecule has 0 fully saturated rings. The predicted octanol–water partition coefficient (Wildman–Crippen LogP) is 4.85. The van der Waals surface area contributed by atoms with Crippen LogP contribution in [0, 0.1) is 13.8 Å². The quantitative estimate of drug-likeness (QED) is 0.821. The number of hydrogen-bond donors (Lipinski definition) is 1. The molecule has 3 nitrogen and oxygen atoms in total. The maximum absolute atomic E-state index is 10.5. The highest BCUT2D eigenvalue weighted by molar-refractivity contribution is 6.32. The standard InChI is InChI=1S/C17H15ClO3/c1-11-3-6-15(12(2)9-11)21-16-7-4-13(10-14(16)18)5-8-17(19)20/h3-10H,1-2H3,(H,19,20)/b8-5+. The van der Waals surface area contributed by atoms with Crippen molar-refractivity contribution < 1.29 is 14.6 Å². The lowest BCUT2D eigenvalue weighted by Crippen LogP contribution is -1.90. The Hall–Kier alpha value is -2.26. The van der Waals surface area contributed by atoms with E-state index in [4.69, 9.17) is 21.4 Å². The fraction of sp³-hybridized carbons (Fsp3) is 0.118. The van der Waals surface area contributed by atoms with Crippen molar-refractivity contribution in [3.8, 4) is 11.5 Å². The van der Waals surface area contributed by atoms with Crippen molar-refractivity contribution in [3.63, 3.8) is 0 Å². The van der Waals surface area contributed by atoms with Crippen molar-refractivity contribution in [2.75, 3.05) is 0 Å². The van der Waals surface area contributed by atoms with Gasteiger partial charge in [-0.3, -0.25) is 0 Å². The van der Waals surface area contributed by atoms with Crippen LogP contribution in [0.4, 0.5) is 0 Å². The second-order valence-electron chi connectivity index (χ2n) is 4.73. The number of hydrogen-bond acceptors (Lipinski definition) is 2. The third-order valence-corrected chi connectivity index (χ3v) is 3.22. The molecule has 0 aromatic heterocycles. The highest BCUT2D eigenvalue weighted by Gasteiger charge is 2.06. The summed E-state index contributed by atoms with van der Waals surface area (Å²) in [7, 11) is 0. The maximum atomic E-state index is 10.5. The molecular formula is C17H15ClO3. The summed E-state index contributed by atoms with van der Waals surface area (Å²) < 4.78 is 5.80. The van der Waals surface area contributed by atoms with Gasteiger partial charge in [0.25, 0.3) is 0 Å². The largest absolute Gasteiger partial charge is 0.478 e. The number of carboxylic acids is 1. The molecule has 0 unspecified atom stereocenters. The van der Waals surface area contributed by atoms with Gasteiger partial charge in [-0.25, -0.2) is 4.79 Å². The summed E-state index contributed by atoms with van der Waals surface area (Å²) in [5, 5.41) is 9.03. The molecule has 0 amide bonds. The highest BCUT2D eigenvalue weighted by Crippen LogP contribution is 2.32. The predicted molar refractivity (Wildman–Crippen MR) is 84.1 cm³/mol. The van der Waals surface area contributed by atoms with Crippen LogP contribution in [0.2, 0.25) is 5.02 Å². The molecule has 4 heteroatoms. The molecule has 0 aliphatic carbocycles. The first-order valence-electron chi connectivity index (χ1n) is 6.41. The molecule has 0 aliphatic heterocycles. The fourth-order valence-corrected chi connectivity index (χ4v) is 2.13. The number of ether oxygens (including phenoxy) is 1. The Morgan fingerprint density at radius 1 is 1.14 bits per heavy atom. The van der Waals surface area contributed by atoms with E-state index in [9.17, 15) is 4.79 Å². The zero-order valence-electron chi connectivity index (χ0n) is 11.8. The molecule has 108 valence electrons. The highest BCUT2D eigenvalue weighted by atomic mass is 35.5. The molecular weight excluding hydrogens is 288 g/mol. The Bertz CT molecular complexity index is 705. The first kappa shape index (κ1) is 15.1. The second kappa shape index (κ2) is 6.46. The molecule has 0 spiro atoms. The number of benzene rings is 2. The van der Waals surface area contributed by atoms with E-state index in [1.165, 1.54) is 11.6 Å². The van der Waals surface area contributed by atoms with Gasteiger partial charge in [-0.1, -0.05) is 35.4 Å². The lowest BCUT2D eigenvalue weighted by atomic mass is 10.1. The molecule has 0 bridgehead atoms. The maximum Gasteiger partial charge on any atom is 0.328 e. The van der Waals surface area contributed by atoms with E-state index in [0.717, 1.165) is 17.4 Å². The van der Waals surface area contributed by atoms with E-state index in [0.29, 0.717) is 16.3 Å². The Kier molecular flexibility index (Phi) is 4.66. The smallest absolute Gasteiger partial charge is 0.328 e. The zero-order chi connectivity index (χ0) is 15.4. The molecule has 0 radical (unpaired) electrons. The summed E-state index contributed by atoms with van der Waals surface area (Å²) in [5.74, 6) is 0.286. The zero-order valence-corrected chi connectivity index (χ0v) is 12.5. The van der Waals surface area contributed by atoms with E-state index in [1.807, 2.05) is 32.0 Å². The van der Waals surface area contributed by atoms with Gasteiger partial charge in [0, 0.05) is 6.08 Å². The normalized spacial score (nSPS) is 10.8. The van der Waals surface area contributed by atoms with Crippen LogP contribution in [0.15, 0.2) is 42.5 Å². The Morgan fingerprint density at radius 3 is 2.48 bits per heavy atom. The summed E-state index contributed by atoms with van der Waals surface area (Å²) in [4.78, 5) is 10.5. The molecule has 0 saturated carbocycles. The first-order chi connectivity index (χ1) is 9.95. The average Bonchev–Trinajstić information content (AvgIpc) is 2.42. The summed E-state index contributed by atoms with van der Waals surface area (Å²) in [6.07, 6.45) is 2.55. The number of aliphatic carboxylic acids is 1. The molecule has 0 saturated heterocycles. The summed E-state index contributed by atoms with van der Waals surface area (Å²) in [6, 6.07) is 11.1. The van der Waals surface area contributed by atoms with Crippen molar-refractivity contribution in [2.45, 2.75) is 13.8 Å². The van der Waals surface area contributed by atoms with E-state index >= 15 is 0 Å². The van der Waals surface area contributed by atoms with Crippen molar-refractivity contribution in [1.82, 2.24) is 0 Å². The molecule has 2 aromatic rings. The molecule has 0 aliphatic rings. The van der Waals surface area contributed by atoms with Gasteiger partial charge in [-0.2, -0.15) is 0 Å². The minimum absolute atomic E-state index is 0.433. The van der Waals surface area contributed by atoms with E-state index in [-0.39, 0.29) is 0 Å². The van der Waals surface area contributed by atoms with E-state index < -0.39 is 5.97 Å². The summed E-state index contributed by atoms with van der Waals surface area (Å²) in [5.41, 5.74) is 2.90. The molecule has 2 aromatic carbocycles. The van der Waals surface area contributed by atoms with Gasteiger partial charge in [-0.05, 0) is 49.2 Å². The number of carboxylic acid groups (broad SMARTS) is 1. The van der Waals surface area contributed by atoms with Crippen LogP contribution < -0.4 is 4.74 Å². The van der Waals surface area contributed by atoms with Gasteiger partial charge in [0.05, 0.1) is 5.02 Å². The summed E-state index contributed by atoms with van der Waals surface area (Å²) >= 11 is 6.17. The molecule has 2 rings (SSSR count). The number of aryl methyl sites for hydroxylation is 2. The number of rotatable bonds is 4. The molecule has 0 atom stereocenters. The molecule has 21 heavy (non-hydrogen) atoms. The Balaban J connectivity index is 2.23. The average molecular weight is 303 g/mol. The topological polar surface area (TPSA) is 46.5 Å². The monoisotopic (exact) mass is 302 g/mol. The van der Waals surface area contributed by atoms with E-state index in [2.05, 4.69) is 0 Å². The lowest BCUT2D eigenvalue weighted by molar-refractivity contribution is -0.131. The van der Waals surface area contributed by atoms with Gasteiger partial charge >= 0.3 is 5.97 Å². The van der Waals surface area contributed by atoms with Crippen LogP contribution in [0.3, 0.4) is 0 Å². The first-order valence-corrected chi connectivity index (χ1v) is 6.79. The van der Waals surface area contributed by atoms with Crippen LogP contribution in [-0.4, -0.2) is 11.1 Å². The van der Waals surface area contributed by atoms with Gasteiger partial charge in [0.15, 0.2) is 0 Å². The van der Waals surface area contributed by atoms with Crippen molar-refractivity contribution in [2.24, 2.45) is 0 Å². The SMILES string of the molecule is Cc1ccc(Oc2ccc(/C=C/C(=O)O)cc2Cl)c(C)c1. The van der Waals surface area contributed by atoms with Crippen molar-refractivity contribution in [1.29, 1.82) is 0 Å². The summed E-state index contributed by atoms with van der Waals surface area (Å²) in [6.45, 7) is 3.99. The van der Waals surface area contributed by atoms with Crippen LogP contribution in [0.5, 0.6) is 11.5 Å². The fourth-order valence-electron chi connectivity index (χ4n) is 1.90. The van der Waals surface area contributed by atoms with Gasteiger partial charge < -0.3 is 9.84 Å². The third-order valence-electron chi connectivity index (χ3n) is 2.92. The Morgan fingerprint density at radius 2 is 1.86 bits per heavy atom. The minimum Gasteiger partial charge on any atom is -0.478 e. The van der Waals surface area contributed by atoms with Crippen LogP contribution in [0.25, 0.3) is 6.08 Å². The van der Waals surface area contributed by atoms with Gasteiger partial charge in [0.2, 0.25) is 0 Å². The van der Waals surface area contributed by atoms with E-state index in [1.54, 1.807) is 18.2 Å². The minimum atomic E-state index is -0.998. The number of halogens is 1. The Labute approximate surface area is 128 Å². The van der Waals surface area contributed by atoms with Crippen LogP contribution in [0.1, 0.15) is 16.7 Å². The molecule has 0 heterocycles. The van der Waals surface area contributed by atoms with Crippen LogP contribution in [-0.2, 0) is 4.79 Å². The number of carbonyl (C=O) groups is 1. The van der Waals surface area contributed by atoms with Crippen LogP contribution >= 0.6 is 11.6 Å². The van der Waals surface area contributed by atoms with Crippen molar-refractivity contribution >= 4 is 23.6 Å². The van der Waals surface area contributed by atoms with Crippen molar-refractivity contribution in [3.05, 3.63) is 64.2 Å². The van der Waals surface area contributed by atoms with Gasteiger partial charge in [-0.15, -0.1) is 0 Å². The van der Waals surface area contributed by atoms with Gasteiger partial charge in [0.1, 0.15) is 11.5 Å².